The van der Waals surface area contributed by atoms with Crippen molar-refractivity contribution in [3.05, 3.63) is 35.6 Å². The van der Waals surface area contributed by atoms with Crippen molar-refractivity contribution in [3.63, 3.8) is 0 Å². The molecule has 0 bridgehead atoms. The molecule has 0 aliphatic carbocycles. The Labute approximate surface area is 236 Å². The van der Waals surface area contributed by atoms with Gasteiger partial charge in [-0.1, -0.05) is 0 Å². The number of halogens is 1. The highest BCUT2D eigenvalue weighted by Crippen LogP contribution is 2.36. The van der Waals surface area contributed by atoms with Crippen molar-refractivity contribution in [1.29, 1.82) is 0 Å². The molecule has 214 valence electrons. The van der Waals surface area contributed by atoms with Crippen LogP contribution in [0.5, 0.6) is 0 Å². The van der Waals surface area contributed by atoms with Crippen molar-refractivity contribution in [2.75, 3.05) is 32.4 Å². The van der Waals surface area contributed by atoms with Gasteiger partial charge in [0, 0.05) is 35.7 Å². The third kappa shape index (κ3) is 6.98. The monoisotopic (exact) mass is 558 g/mol. The van der Waals surface area contributed by atoms with Crippen LogP contribution in [0.3, 0.4) is 0 Å². The lowest BCUT2D eigenvalue weighted by Gasteiger charge is -2.43. The second-order valence-corrected chi connectivity index (χ2v) is 13.2. The van der Waals surface area contributed by atoms with Crippen molar-refractivity contribution in [2.45, 2.75) is 83.5 Å². The number of likely N-dealkylation sites (tertiary alicyclic amines) is 2. The number of likely N-dealkylation sites (N-methyl/N-ethyl adjacent to an activating group) is 1. The van der Waals surface area contributed by atoms with Crippen LogP contribution in [-0.2, 0) is 9.59 Å². The minimum Gasteiger partial charge on any atom is -0.333 e. The molecule has 3 aliphatic heterocycles. The number of benzene rings is 1. The molecule has 1 aromatic carbocycles. The second-order valence-electron chi connectivity index (χ2n) is 12.1. The first-order valence-electron chi connectivity index (χ1n) is 14.3. The van der Waals surface area contributed by atoms with Gasteiger partial charge >= 0.3 is 0 Å². The first-order chi connectivity index (χ1) is 18.5. The van der Waals surface area contributed by atoms with Gasteiger partial charge in [0.2, 0.25) is 5.91 Å². The smallest absolute Gasteiger partial charge is 0.226 e. The highest BCUT2D eigenvalue weighted by Gasteiger charge is 2.43. The molecule has 3 heterocycles. The van der Waals surface area contributed by atoms with Gasteiger partial charge in [-0.25, -0.2) is 4.39 Å². The molecule has 0 radical (unpaired) electrons. The normalized spacial score (nSPS) is 24.5. The highest BCUT2D eigenvalue weighted by molar-refractivity contribution is 8.14. The maximum Gasteiger partial charge on any atom is 0.226 e. The Morgan fingerprint density at radius 2 is 1.77 bits per heavy atom. The summed E-state index contributed by atoms with van der Waals surface area (Å²) in [6.45, 7) is 11.0. The summed E-state index contributed by atoms with van der Waals surface area (Å²) in [6.07, 6.45) is 3.73. The van der Waals surface area contributed by atoms with Crippen LogP contribution in [-0.4, -0.2) is 88.4 Å². The molecule has 39 heavy (non-hydrogen) atoms. The quantitative estimate of drug-likeness (QED) is 0.458. The van der Waals surface area contributed by atoms with Crippen molar-refractivity contribution in [2.24, 2.45) is 16.8 Å². The number of nitrogens with zero attached hydrogens (tertiary/aromatic N) is 3. The number of aliphatic imine (C=N–C) groups is 1. The zero-order chi connectivity index (χ0) is 28.3. The maximum atomic E-state index is 14.2. The van der Waals surface area contributed by atoms with Crippen LogP contribution in [0.15, 0.2) is 29.3 Å². The van der Waals surface area contributed by atoms with Crippen LogP contribution < -0.4 is 5.32 Å². The molecule has 2 fully saturated rings. The summed E-state index contributed by atoms with van der Waals surface area (Å²) in [7, 11) is 1.77. The van der Waals surface area contributed by atoms with Crippen molar-refractivity contribution in [1.82, 2.24) is 15.1 Å². The van der Waals surface area contributed by atoms with Crippen LogP contribution in [0.2, 0.25) is 0 Å². The van der Waals surface area contributed by atoms with Gasteiger partial charge in [-0.15, -0.1) is 11.8 Å². The number of piperidine rings is 1. The van der Waals surface area contributed by atoms with Gasteiger partial charge in [0.05, 0.1) is 17.1 Å². The number of thioether (sulfide) groups is 1. The van der Waals surface area contributed by atoms with E-state index in [9.17, 15) is 18.8 Å². The molecule has 0 saturated carbocycles. The topological polar surface area (TPSA) is 82.1 Å². The molecule has 3 aliphatic rings. The standard InChI is InChI=1S/C30H43FN4O3S/c1-19(32-5)26(36)17-23(20-12-15-34(16-13-20)30(2,3)4)29(38)35-14-6-7-25(35)28-33-24(18-39-28)27(37)21-8-10-22(31)11-9-21/h8-11,19-20,23-25,32H,6-7,12-18H2,1-5H3/t19-,23-,24?,25-/m0/s1. The summed E-state index contributed by atoms with van der Waals surface area (Å²) in [4.78, 5) is 49.4. The van der Waals surface area contributed by atoms with Gasteiger partial charge in [-0.2, -0.15) is 0 Å². The van der Waals surface area contributed by atoms with Gasteiger partial charge in [0.25, 0.3) is 0 Å². The minimum atomic E-state index is -0.524. The van der Waals surface area contributed by atoms with Gasteiger partial charge in [0.15, 0.2) is 5.78 Å². The van der Waals surface area contributed by atoms with E-state index in [0.29, 0.717) is 17.9 Å². The van der Waals surface area contributed by atoms with Crippen molar-refractivity contribution >= 4 is 34.3 Å². The van der Waals surface area contributed by atoms with E-state index in [0.717, 1.165) is 43.8 Å². The Balaban J connectivity index is 1.50. The summed E-state index contributed by atoms with van der Waals surface area (Å²) in [6, 6.07) is 4.61. The number of hydrogen-bond donors (Lipinski definition) is 1. The number of hydrogen-bond acceptors (Lipinski definition) is 7. The summed E-state index contributed by atoms with van der Waals surface area (Å²) in [5.74, 6) is -0.0311. The molecule has 0 spiro atoms. The molecule has 1 unspecified atom stereocenters. The first-order valence-corrected chi connectivity index (χ1v) is 15.2. The van der Waals surface area contributed by atoms with E-state index in [1.165, 1.54) is 24.3 Å². The van der Waals surface area contributed by atoms with Crippen LogP contribution in [0.25, 0.3) is 0 Å². The number of ketones is 2. The molecule has 9 heteroatoms. The molecule has 4 atom stereocenters. The van der Waals surface area contributed by atoms with E-state index in [1.54, 1.807) is 18.8 Å². The fourth-order valence-electron chi connectivity index (χ4n) is 6.00. The minimum absolute atomic E-state index is 0.0555. The SMILES string of the molecule is CN[C@@H](C)C(=O)C[C@H](C(=O)N1CCC[C@H]1C1=NC(C(=O)c2ccc(F)cc2)CS1)C1CCN(C(C)(C)C)CC1. The molecular formula is C30H43FN4O3S. The molecular weight excluding hydrogens is 515 g/mol. The predicted molar refractivity (Wildman–Crippen MR) is 155 cm³/mol. The van der Waals surface area contributed by atoms with E-state index in [2.05, 4.69) is 31.0 Å². The summed E-state index contributed by atoms with van der Waals surface area (Å²) < 4.78 is 13.3. The Hall–Kier alpha value is -2.10. The Morgan fingerprint density at radius 3 is 2.38 bits per heavy atom. The average Bonchev–Trinajstić information content (AvgIpc) is 3.60. The largest absolute Gasteiger partial charge is 0.333 e. The molecule has 1 aromatic rings. The van der Waals surface area contributed by atoms with Crippen LogP contribution in [0.4, 0.5) is 4.39 Å². The Morgan fingerprint density at radius 1 is 1.10 bits per heavy atom. The predicted octanol–water partition coefficient (Wildman–Crippen LogP) is 4.21. The molecule has 2 saturated heterocycles. The lowest BCUT2D eigenvalue weighted by atomic mass is 9.79. The molecule has 1 N–H and O–H groups in total. The zero-order valence-electron chi connectivity index (χ0n) is 23.9. The van der Waals surface area contributed by atoms with E-state index < -0.39 is 6.04 Å². The lowest BCUT2D eigenvalue weighted by molar-refractivity contribution is -0.141. The molecule has 7 nitrogen and oxygen atoms in total. The molecule has 1 amide bonds. The number of rotatable bonds is 9. The number of nitrogens with one attached hydrogen (secondary N) is 1. The third-order valence-electron chi connectivity index (χ3n) is 8.64. The van der Waals surface area contributed by atoms with E-state index in [1.807, 2.05) is 11.8 Å². The Kier molecular flexibility index (Phi) is 9.65. The van der Waals surface area contributed by atoms with Crippen LogP contribution in [0.1, 0.15) is 70.2 Å². The highest BCUT2D eigenvalue weighted by atomic mass is 32.2. The maximum absolute atomic E-state index is 14.2. The first kappa shape index (κ1) is 29.9. The summed E-state index contributed by atoms with van der Waals surface area (Å²) in [5, 5.41) is 3.87. The second kappa shape index (κ2) is 12.6. The average molecular weight is 559 g/mol. The third-order valence-corrected chi connectivity index (χ3v) is 9.79. The number of amides is 1. The van der Waals surface area contributed by atoms with Gasteiger partial charge in [-0.3, -0.25) is 24.3 Å². The zero-order valence-corrected chi connectivity index (χ0v) is 24.7. The Bertz CT molecular complexity index is 1080. The lowest BCUT2D eigenvalue weighted by Crippen LogP contribution is -2.50. The summed E-state index contributed by atoms with van der Waals surface area (Å²) >= 11 is 1.55. The van der Waals surface area contributed by atoms with Crippen molar-refractivity contribution in [3.8, 4) is 0 Å². The van der Waals surface area contributed by atoms with Gasteiger partial charge in [-0.05, 0) is 104 Å². The number of Topliss-reactive ketones (excluding diaryl/α,β-unsaturated/α-hetero) is 2. The van der Waals surface area contributed by atoms with Gasteiger partial charge < -0.3 is 10.2 Å². The van der Waals surface area contributed by atoms with E-state index in [-0.39, 0.29) is 59.2 Å². The fraction of sp³-hybridized carbons (Fsp3) is 0.667. The molecule has 4 rings (SSSR count). The fourth-order valence-corrected chi connectivity index (χ4v) is 7.19. The van der Waals surface area contributed by atoms with Gasteiger partial charge in [0.1, 0.15) is 17.6 Å². The molecule has 0 aromatic heterocycles. The van der Waals surface area contributed by atoms with Crippen LogP contribution in [0, 0.1) is 17.7 Å². The van der Waals surface area contributed by atoms with Crippen molar-refractivity contribution < 1.29 is 18.8 Å². The summed E-state index contributed by atoms with van der Waals surface area (Å²) in [5.41, 5.74) is 0.533. The van der Waals surface area contributed by atoms with E-state index >= 15 is 0 Å². The van der Waals surface area contributed by atoms with Crippen LogP contribution >= 0.6 is 11.8 Å². The van der Waals surface area contributed by atoms with E-state index in [4.69, 9.17) is 4.99 Å². The number of carbonyl (C=O) groups excluding carboxylic acids is 3. The number of carbonyl (C=O) groups is 3.